The summed E-state index contributed by atoms with van der Waals surface area (Å²) in [5.74, 6) is 0. The molecule has 1 aromatic rings. The minimum atomic E-state index is -1.19. The van der Waals surface area contributed by atoms with Gasteiger partial charge in [0.05, 0.1) is 19.8 Å². The van der Waals surface area contributed by atoms with E-state index in [4.69, 9.17) is 18.9 Å². The van der Waals surface area contributed by atoms with E-state index in [0.29, 0.717) is 13.2 Å². The SMILES string of the molecule is O=c1ccn([C@H]2O[C@@H](CO)[C@H](O)[C@@H]2OC2OCCO2)c(=O)[nH]1. The molecule has 4 atom stereocenters. The van der Waals surface area contributed by atoms with Crippen LogP contribution in [0.5, 0.6) is 0 Å². The maximum absolute atomic E-state index is 11.9. The number of ether oxygens (including phenoxy) is 4. The van der Waals surface area contributed by atoms with Crippen molar-refractivity contribution in [3.05, 3.63) is 33.1 Å². The lowest BCUT2D eigenvalue weighted by Gasteiger charge is -2.24. The van der Waals surface area contributed by atoms with E-state index < -0.39 is 48.9 Å². The Kier molecular flexibility index (Phi) is 4.38. The second kappa shape index (κ2) is 6.28. The van der Waals surface area contributed by atoms with Gasteiger partial charge in [0.2, 0.25) is 0 Å². The first-order valence-electron chi connectivity index (χ1n) is 6.74. The molecule has 3 rings (SSSR count). The zero-order valence-electron chi connectivity index (χ0n) is 11.5. The molecule has 0 bridgehead atoms. The van der Waals surface area contributed by atoms with Crippen molar-refractivity contribution in [1.82, 2.24) is 9.55 Å². The summed E-state index contributed by atoms with van der Waals surface area (Å²) in [6.07, 6.45) is -2.95. The van der Waals surface area contributed by atoms with Crippen molar-refractivity contribution < 1.29 is 29.2 Å². The molecule has 1 aromatic heterocycles. The van der Waals surface area contributed by atoms with Crippen LogP contribution in [-0.4, -0.2) is 64.4 Å². The molecule has 0 aromatic carbocycles. The van der Waals surface area contributed by atoms with Gasteiger partial charge < -0.3 is 29.2 Å². The lowest BCUT2D eigenvalue weighted by atomic mass is 10.1. The second-order valence-corrected chi connectivity index (χ2v) is 4.89. The molecule has 2 aliphatic heterocycles. The largest absolute Gasteiger partial charge is 0.394 e. The fourth-order valence-electron chi connectivity index (χ4n) is 2.41. The number of aliphatic hydroxyl groups excluding tert-OH is 2. The molecule has 0 amide bonds. The number of hydrogen-bond acceptors (Lipinski definition) is 8. The van der Waals surface area contributed by atoms with Crippen LogP contribution in [0.25, 0.3) is 0 Å². The molecule has 122 valence electrons. The van der Waals surface area contributed by atoms with Crippen LogP contribution in [0.1, 0.15) is 6.23 Å². The van der Waals surface area contributed by atoms with Gasteiger partial charge in [-0.05, 0) is 0 Å². The highest BCUT2D eigenvalue weighted by molar-refractivity contribution is 4.94. The standard InChI is InChI=1S/C12H16N2O8/c15-5-6-8(17)9(22-12-19-3-4-20-12)10(21-6)14-2-1-7(16)13-11(14)18/h1-2,6,8-10,12,15,17H,3-5H2,(H,13,16,18)/t6-,8-,9-,10-/m0/s1. The normalized spacial score (nSPS) is 32.6. The topological polar surface area (TPSA) is 132 Å². The van der Waals surface area contributed by atoms with Crippen LogP contribution in [0.2, 0.25) is 0 Å². The lowest BCUT2D eigenvalue weighted by Crippen LogP contribution is -2.41. The van der Waals surface area contributed by atoms with Gasteiger partial charge in [0.15, 0.2) is 6.23 Å². The Morgan fingerprint density at radius 2 is 2.09 bits per heavy atom. The van der Waals surface area contributed by atoms with E-state index in [0.717, 1.165) is 10.6 Å². The fraction of sp³-hybridized carbons (Fsp3) is 0.667. The van der Waals surface area contributed by atoms with E-state index in [1.165, 1.54) is 6.20 Å². The summed E-state index contributed by atoms with van der Waals surface area (Å²) in [5, 5.41) is 19.4. The van der Waals surface area contributed by atoms with E-state index in [-0.39, 0.29) is 0 Å². The Bertz CT molecular complexity index is 622. The number of hydrogen-bond donors (Lipinski definition) is 3. The first-order valence-corrected chi connectivity index (χ1v) is 6.74. The predicted octanol–water partition coefficient (Wildman–Crippen LogP) is -2.50. The third kappa shape index (κ3) is 2.84. The molecule has 2 aliphatic rings. The summed E-state index contributed by atoms with van der Waals surface area (Å²) >= 11 is 0. The number of aromatic amines is 1. The number of aliphatic hydroxyl groups is 2. The highest BCUT2D eigenvalue weighted by Gasteiger charge is 2.47. The summed E-state index contributed by atoms with van der Waals surface area (Å²) in [6, 6.07) is 1.14. The lowest BCUT2D eigenvalue weighted by molar-refractivity contribution is -0.271. The van der Waals surface area contributed by atoms with Gasteiger partial charge in [0.1, 0.15) is 18.3 Å². The van der Waals surface area contributed by atoms with Crippen molar-refractivity contribution in [1.29, 1.82) is 0 Å². The molecule has 0 aliphatic carbocycles. The van der Waals surface area contributed by atoms with Crippen LogP contribution >= 0.6 is 0 Å². The second-order valence-electron chi connectivity index (χ2n) is 4.89. The Balaban J connectivity index is 1.88. The van der Waals surface area contributed by atoms with Crippen molar-refractivity contribution in [2.24, 2.45) is 0 Å². The number of nitrogens with zero attached hydrogens (tertiary/aromatic N) is 1. The van der Waals surface area contributed by atoms with E-state index >= 15 is 0 Å². The van der Waals surface area contributed by atoms with Crippen LogP contribution in [0, 0.1) is 0 Å². The van der Waals surface area contributed by atoms with E-state index in [9.17, 15) is 19.8 Å². The van der Waals surface area contributed by atoms with E-state index in [1.807, 2.05) is 0 Å². The third-order valence-electron chi connectivity index (χ3n) is 3.48. The maximum Gasteiger partial charge on any atom is 0.330 e. The summed E-state index contributed by atoms with van der Waals surface area (Å²) < 4.78 is 22.3. The first kappa shape index (κ1) is 15.3. The number of H-pyrrole nitrogens is 1. The highest BCUT2D eigenvalue weighted by Crippen LogP contribution is 2.32. The molecule has 3 heterocycles. The molecule has 0 radical (unpaired) electrons. The molecule has 10 nitrogen and oxygen atoms in total. The van der Waals surface area contributed by atoms with Gasteiger partial charge in [0.25, 0.3) is 12.0 Å². The molecule has 3 N–H and O–H groups in total. The van der Waals surface area contributed by atoms with Crippen molar-refractivity contribution in [3.8, 4) is 0 Å². The van der Waals surface area contributed by atoms with Crippen LogP contribution in [0.4, 0.5) is 0 Å². The van der Waals surface area contributed by atoms with Gasteiger partial charge in [-0.15, -0.1) is 0 Å². The minimum absolute atomic E-state index is 0.348. The zero-order chi connectivity index (χ0) is 15.7. The average molecular weight is 316 g/mol. The van der Waals surface area contributed by atoms with Gasteiger partial charge in [-0.3, -0.25) is 14.3 Å². The predicted molar refractivity (Wildman–Crippen MR) is 68.9 cm³/mol. The number of rotatable bonds is 4. The minimum Gasteiger partial charge on any atom is -0.394 e. The summed E-state index contributed by atoms with van der Waals surface area (Å²) in [7, 11) is 0. The molecule has 10 heteroatoms. The Labute approximate surface area is 123 Å². The zero-order valence-corrected chi connectivity index (χ0v) is 11.5. The van der Waals surface area contributed by atoms with Crippen molar-refractivity contribution in [3.63, 3.8) is 0 Å². The van der Waals surface area contributed by atoms with Gasteiger partial charge in [-0.25, -0.2) is 4.79 Å². The van der Waals surface area contributed by atoms with Crippen LogP contribution < -0.4 is 11.2 Å². The molecule has 2 saturated heterocycles. The molecule has 0 saturated carbocycles. The fourth-order valence-corrected chi connectivity index (χ4v) is 2.41. The first-order chi connectivity index (χ1) is 10.6. The van der Waals surface area contributed by atoms with Gasteiger partial charge in [0, 0.05) is 12.3 Å². The Hall–Kier alpha value is -1.56. The molecule has 22 heavy (non-hydrogen) atoms. The van der Waals surface area contributed by atoms with E-state index in [1.54, 1.807) is 0 Å². The van der Waals surface area contributed by atoms with Crippen LogP contribution in [-0.2, 0) is 18.9 Å². The van der Waals surface area contributed by atoms with Crippen LogP contribution in [0.15, 0.2) is 21.9 Å². The highest BCUT2D eigenvalue weighted by atomic mass is 16.9. The van der Waals surface area contributed by atoms with E-state index in [2.05, 4.69) is 4.98 Å². The molecular weight excluding hydrogens is 300 g/mol. The summed E-state index contributed by atoms with van der Waals surface area (Å²) in [5.41, 5.74) is -1.27. The van der Waals surface area contributed by atoms with Crippen LogP contribution in [0.3, 0.4) is 0 Å². The van der Waals surface area contributed by atoms with Crippen molar-refractivity contribution in [2.75, 3.05) is 19.8 Å². The van der Waals surface area contributed by atoms with Crippen molar-refractivity contribution >= 4 is 0 Å². The number of nitrogens with one attached hydrogen (secondary N) is 1. The third-order valence-corrected chi connectivity index (χ3v) is 3.48. The smallest absolute Gasteiger partial charge is 0.330 e. The average Bonchev–Trinajstić information content (AvgIpc) is 3.10. The van der Waals surface area contributed by atoms with Gasteiger partial charge in [-0.1, -0.05) is 0 Å². The Morgan fingerprint density at radius 3 is 2.73 bits per heavy atom. The molecular formula is C12H16N2O8. The number of aromatic nitrogens is 2. The Morgan fingerprint density at radius 1 is 1.36 bits per heavy atom. The molecule has 2 fully saturated rings. The van der Waals surface area contributed by atoms with Gasteiger partial charge in [-0.2, -0.15) is 0 Å². The monoisotopic (exact) mass is 316 g/mol. The quantitative estimate of drug-likeness (QED) is 0.555. The molecule has 0 unspecified atom stereocenters. The summed E-state index contributed by atoms with van der Waals surface area (Å²) in [6.45, 7) is -0.744. The van der Waals surface area contributed by atoms with Gasteiger partial charge >= 0.3 is 5.69 Å². The molecule has 0 spiro atoms. The van der Waals surface area contributed by atoms with Crippen molar-refractivity contribution in [2.45, 2.75) is 31.0 Å². The maximum atomic E-state index is 11.9. The summed E-state index contributed by atoms with van der Waals surface area (Å²) in [4.78, 5) is 25.1.